The molecule has 0 radical (unpaired) electrons. The number of para-hydroxylation sites is 2. The van der Waals surface area contributed by atoms with Crippen LogP contribution in [0.2, 0.25) is 0 Å². The molecule has 1 fully saturated rings. The number of benzene rings is 3. The topological polar surface area (TPSA) is 80.1 Å². The van der Waals surface area contributed by atoms with Crippen LogP contribution < -0.4 is 10.3 Å². The molecule has 7 rings (SSSR count). The third-order valence-electron chi connectivity index (χ3n) is 7.81. The Morgan fingerprint density at radius 2 is 1.71 bits per heavy atom. The van der Waals surface area contributed by atoms with Crippen molar-refractivity contribution in [2.45, 2.75) is 31.0 Å². The third kappa shape index (κ3) is 3.07. The van der Waals surface area contributed by atoms with Gasteiger partial charge in [0.05, 0.1) is 29.3 Å². The smallest absolute Gasteiger partial charge is 0.291 e. The van der Waals surface area contributed by atoms with Crippen molar-refractivity contribution in [3.05, 3.63) is 111 Å². The van der Waals surface area contributed by atoms with Crippen molar-refractivity contribution < 1.29 is 23.1 Å². The summed E-state index contributed by atoms with van der Waals surface area (Å²) in [6.45, 7) is 0.867. The summed E-state index contributed by atoms with van der Waals surface area (Å²) in [7, 11) is 0. The van der Waals surface area contributed by atoms with Gasteiger partial charge in [0.15, 0.2) is 11.0 Å². The lowest BCUT2D eigenvalue weighted by molar-refractivity contribution is -0.126. The van der Waals surface area contributed by atoms with E-state index in [4.69, 9.17) is 9.15 Å². The molecule has 1 saturated heterocycles. The van der Waals surface area contributed by atoms with E-state index in [2.05, 4.69) is 0 Å². The standard InChI is InChI=1S/C30H23FN2O5/c31-19-13-11-18(12-14-19)16-32-23-9-3-2-8-22(23)30(29(32)36)25-26(34)21-7-1-4-10-24(21)38-27(25)28(35)33(30)17-20-6-5-15-37-20/h1-4,7-14,20H,5-6,15-17H2. The fraction of sp³-hybridized carbons (Fsp3) is 0.233. The molecule has 1 aromatic heterocycles. The molecule has 3 aliphatic heterocycles. The molecule has 4 aromatic rings. The van der Waals surface area contributed by atoms with Crippen molar-refractivity contribution in [3.63, 3.8) is 0 Å². The number of fused-ring (bicyclic) bond motifs is 5. The second kappa shape index (κ2) is 8.36. The van der Waals surface area contributed by atoms with Crippen molar-refractivity contribution in [1.82, 2.24) is 4.90 Å². The second-order valence-electron chi connectivity index (χ2n) is 9.93. The Morgan fingerprint density at radius 1 is 0.947 bits per heavy atom. The van der Waals surface area contributed by atoms with E-state index in [1.54, 1.807) is 59.5 Å². The van der Waals surface area contributed by atoms with Crippen molar-refractivity contribution in [1.29, 1.82) is 0 Å². The van der Waals surface area contributed by atoms with Crippen LogP contribution >= 0.6 is 0 Å². The van der Waals surface area contributed by atoms with E-state index in [0.717, 1.165) is 12.8 Å². The average Bonchev–Trinajstić information content (AvgIpc) is 3.60. The Balaban J connectivity index is 1.48. The SMILES string of the molecule is O=C1c2oc3ccccc3c(=O)c2C2(C(=O)N(Cc3ccc(F)cc3)c3ccccc32)N1CC1CCCO1. The average molecular weight is 511 g/mol. The number of carbonyl (C=O) groups excluding carboxylic acids is 2. The second-order valence-corrected chi connectivity index (χ2v) is 9.93. The summed E-state index contributed by atoms with van der Waals surface area (Å²) in [5.41, 5.74) is 0.0785. The zero-order valence-corrected chi connectivity index (χ0v) is 20.4. The molecule has 4 heterocycles. The van der Waals surface area contributed by atoms with Crippen molar-refractivity contribution in [3.8, 4) is 0 Å². The first-order chi connectivity index (χ1) is 18.5. The zero-order valence-electron chi connectivity index (χ0n) is 20.4. The molecule has 0 N–H and O–H groups in total. The lowest BCUT2D eigenvalue weighted by Crippen LogP contribution is -2.55. The first-order valence-corrected chi connectivity index (χ1v) is 12.7. The summed E-state index contributed by atoms with van der Waals surface area (Å²) in [5.74, 6) is -1.42. The van der Waals surface area contributed by atoms with Gasteiger partial charge in [0.1, 0.15) is 11.4 Å². The lowest BCUT2D eigenvalue weighted by atomic mass is 9.83. The molecule has 8 heteroatoms. The maximum atomic E-state index is 14.7. The van der Waals surface area contributed by atoms with E-state index in [0.29, 0.717) is 34.4 Å². The summed E-state index contributed by atoms with van der Waals surface area (Å²) in [6, 6.07) is 19.9. The first kappa shape index (κ1) is 22.9. The minimum Gasteiger partial charge on any atom is -0.450 e. The van der Waals surface area contributed by atoms with Crippen LogP contribution in [0.4, 0.5) is 10.1 Å². The highest BCUT2D eigenvalue weighted by molar-refractivity contribution is 6.17. The minimum atomic E-state index is -1.69. The lowest BCUT2D eigenvalue weighted by Gasteiger charge is -2.35. The number of rotatable bonds is 4. The normalized spacial score (nSPS) is 22.1. The highest BCUT2D eigenvalue weighted by atomic mass is 19.1. The van der Waals surface area contributed by atoms with Crippen molar-refractivity contribution in [2.24, 2.45) is 0 Å². The Morgan fingerprint density at radius 3 is 2.50 bits per heavy atom. The molecule has 0 aliphatic carbocycles. The Kier molecular flexibility index (Phi) is 5.03. The molecular weight excluding hydrogens is 487 g/mol. The van der Waals surface area contributed by atoms with E-state index < -0.39 is 22.8 Å². The highest BCUT2D eigenvalue weighted by Gasteiger charge is 2.65. The van der Waals surface area contributed by atoms with Crippen LogP contribution in [-0.4, -0.2) is 36.0 Å². The Labute approximate surface area is 217 Å². The third-order valence-corrected chi connectivity index (χ3v) is 7.81. The van der Waals surface area contributed by atoms with E-state index in [1.807, 2.05) is 6.07 Å². The van der Waals surface area contributed by atoms with Crippen LogP contribution in [-0.2, 0) is 21.6 Å². The van der Waals surface area contributed by atoms with Gasteiger partial charge in [-0.3, -0.25) is 14.4 Å². The number of hydrogen-bond acceptors (Lipinski definition) is 5. The number of anilines is 1. The van der Waals surface area contributed by atoms with E-state index >= 15 is 0 Å². The number of nitrogens with zero attached hydrogens (tertiary/aromatic N) is 2. The fourth-order valence-corrected chi connectivity index (χ4v) is 6.11. The largest absolute Gasteiger partial charge is 0.450 e. The first-order valence-electron chi connectivity index (χ1n) is 12.7. The molecule has 2 atom stereocenters. The van der Waals surface area contributed by atoms with Gasteiger partial charge in [0.25, 0.3) is 11.8 Å². The predicted octanol–water partition coefficient (Wildman–Crippen LogP) is 4.36. The molecule has 3 aliphatic rings. The molecule has 1 spiro atoms. The number of halogens is 1. The molecule has 190 valence electrons. The molecule has 2 amide bonds. The highest BCUT2D eigenvalue weighted by Crippen LogP contribution is 2.53. The molecule has 2 unspecified atom stereocenters. The number of carbonyl (C=O) groups is 2. The van der Waals surface area contributed by atoms with Gasteiger partial charge in [0, 0.05) is 18.7 Å². The van der Waals surface area contributed by atoms with Crippen LogP contribution in [0, 0.1) is 5.82 Å². The van der Waals surface area contributed by atoms with Crippen LogP contribution in [0.3, 0.4) is 0 Å². The van der Waals surface area contributed by atoms with Gasteiger partial charge in [-0.25, -0.2) is 4.39 Å². The number of amides is 2. The Hall–Kier alpha value is -4.30. The van der Waals surface area contributed by atoms with Gasteiger partial charge in [0.2, 0.25) is 5.76 Å². The zero-order chi connectivity index (χ0) is 26.0. The summed E-state index contributed by atoms with van der Waals surface area (Å²) < 4.78 is 25.5. The van der Waals surface area contributed by atoms with Crippen LogP contribution in [0.1, 0.15) is 40.1 Å². The van der Waals surface area contributed by atoms with Gasteiger partial charge in [-0.15, -0.1) is 0 Å². The predicted molar refractivity (Wildman–Crippen MR) is 137 cm³/mol. The number of hydrogen-bond donors (Lipinski definition) is 0. The van der Waals surface area contributed by atoms with E-state index in [9.17, 15) is 18.8 Å². The molecule has 7 nitrogen and oxygen atoms in total. The van der Waals surface area contributed by atoms with Gasteiger partial charge >= 0.3 is 0 Å². The maximum absolute atomic E-state index is 14.7. The summed E-state index contributed by atoms with van der Waals surface area (Å²) in [5, 5.41) is 0.305. The van der Waals surface area contributed by atoms with Gasteiger partial charge in [-0.05, 0) is 48.7 Å². The van der Waals surface area contributed by atoms with Gasteiger partial charge < -0.3 is 19.0 Å². The fourth-order valence-electron chi connectivity index (χ4n) is 6.11. The van der Waals surface area contributed by atoms with E-state index in [-0.39, 0.29) is 36.3 Å². The number of ether oxygens (including phenoxy) is 1. The van der Waals surface area contributed by atoms with Crippen molar-refractivity contribution in [2.75, 3.05) is 18.1 Å². The van der Waals surface area contributed by atoms with Crippen LogP contribution in [0.5, 0.6) is 0 Å². The van der Waals surface area contributed by atoms with Crippen molar-refractivity contribution >= 4 is 28.5 Å². The van der Waals surface area contributed by atoms with Gasteiger partial charge in [-0.2, -0.15) is 0 Å². The summed E-state index contributed by atoms with van der Waals surface area (Å²) in [4.78, 5) is 45.8. The molecular formula is C30H23FN2O5. The summed E-state index contributed by atoms with van der Waals surface area (Å²) >= 11 is 0. The van der Waals surface area contributed by atoms with Crippen LogP contribution in [0.15, 0.2) is 82.0 Å². The molecule has 0 saturated carbocycles. The van der Waals surface area contributed by atoms with E-state index in [1.165, 1.54) is 17.0 Å². The summed E-state index contributed by atoms with van der Waals surface area (Å²) in [6.07, 6.45) is 1.34. The molecule has 38 heavy (non-hydrogen) atoms. The monoisotopic (exact) mass is 510 g/mol. The molecule has 0 bridgehead atoms. The quantitative estimate of drug-likeness (QED) is 0.408. The molecule has 3 aromatic carbocycles. The minimum absolute atomic E-state index is 0.0400. The van der Waals surface area contributed by atoms with Crippen LogP contribution in [0.25, 0.3) is 11.0 Å². The maximum Gasteiger partial charge on any atom is 0.291 e. The van der Waals surface area contributed by atoms with Gasteiger partial charge in [-0.1, -0.05) is 42.5 Å². The Bertz CT molecular complexity index is 1670.